The first kappa shape index (κ1) is 11.0. The molecule has 0 atom stereocenters. The van der Waals surface area contributed by atoms with Gasteiger partial charge in [-0.1, -0.05) is 13.8 Å². The largest absolute Gasteiger partial charge is 0.330 e. The average molecular weight is 194 g/mol. The highest BCUT2D eigenvalue weighted by Crippen LogP contribution is 2.09. The number of hydrogen-bond acceptors (Lipinski definition) is 4. The third-order valence-corrected chi connectivity index (χ3v) is 1.93. The normalized spacial score (nSPS) is 10.9. The van der Waals surface area contributed by atoms with Crippen LogP contribution in [0.25, 0.3) is 0 Å². The SMILES string of the molecule is Cc1nc(CCCN)nc(C(C)C)n1. The number of rotatable bonds is 4. The van der Waals surface area contributed by atoms with Gasteiger partial charge in [0.1, 0.15) is 17.5 Å². The minimum Gasteiger partial charge on any atom is -0.330 e. The van der Waals surface area contributed by atoms with Gasteiger partial charge in [-0.2, -0.15) is 0 Å². The molecule has 0 bridgehead atoms. The topological polar surface area (TPSA) is 64.7 Å². The molecule has 0 saturated heterocycles. The van der Waals surface area contributed by atoms with Crippen LogP contribution in [0.5, 0.6) is 0 Å². The number of hydrogen-bond donors (Lipinski definition) is 1. The quantitative estimate of drug-likeness (QED) is 0.782. The van der Waals surface area contributed by atoms with E-state index in [1.807, 2.05) is 6.92 Å². The number of aromatic nitrogens is 3. The molecule has 0 spiro atoms. The van der Waals surface area contributed by atoms with Crippen molar-refractivity contribution in [3.8, 4) is 0 Å². The smallest absolute Gasteiger partial charge is 0.135 e. The van der Waals surface area contributed by atoms with Crippen LogP contribution in [-0.2, 0) is 6.42 Å². The number of nitrogens with two attached hydrogens (primary N) is 1. The van der Waals surface area contributed by atoms with Crippen LogP contribution in [0.1, 0.15) is 43.7 Å². The summed E-state index contributed by atoms with van der Waals surface area (Å²) in [6.45, 7) is 6.75. The van der Waals surface area contributed by atoms with Crippen molar-refractivity contribution in [2.45, 2.75) is 39.5 Å². The molecule has 0 amide bonds. The van der Waals surface area contributed by atoms with Crippen LogP contribution in [0, 0.1) is 6.92 Å². The van der Waals surface area contributed by atoms with E-state index in [1.54, 1.807) is 0 Å². The van der Waals surface area contributed by atoms with Gasteiger partial charge in [0.05, 0.1) is 0 Å². The molecule has 4 nitrogen and oxygen atoms in total. The van der Waals surface area contributed by atoms with Gasteiger partial charge in [0.15, 0.2) is 0 Å². The van der Waals surface area contributed by atoms with Gasteiger partial charge in [0.25, 0.3) is 0 Å². The highest BCUT2D eigenvalue weighted by Gasteiger charge is 2.06. The molecule has 0 unspecified atom stereocenters. The highest BCUT2D eigenvalue weighted by atomic mass is 15.0. The zero-order chi connectivity index (χ0) is 10.6. The molecule has 0 radical (unpaired) electrons. The Morgan fingerprint density at radius 3 is 2.50 bits per heavy atom. The summed E-state index contributed by atoms with van der Waals surface area (Å²) in [6, 6.07) is 0. The molecular weight excluding hydrogens is 176 g/mol. The second-order valence-electron chi connectivity index (χ2n) is 3.70. The van der Waals surface area contributed by atoms with Crippen molar-refractivity contribution in [1.29, 1.82) is 0 Å². The van der Waals surface area contributed by atoms with Crippen LogP contribution < -0.4 is 5.73 Å². The Hall–Kier alpha value is -1.03. The van der Waals surface area contributed by atoms with Gasteiger partial charge in [-0.15, -0.1) is 0 Å². The summed E-state index contributed by atoms with van der Waals surface area (Å²) in [5, 5.41) is 0. The summed E-state index contributed by atoms with van der Waals surface area (Å²) in [7, 11) is 0. The molecule has 2 N–H and O–H groups in total. The van der Waals surface area contributed by atoms with Crippen molar-refractivity contribution in [3.63, 3.8) is 0 Å². The molecule has 0 saturated carbocycles. The van der Waals surface area contributed by atoms with E-state index in [4.69, 9.17) is 5.73 Å². The zero-order valence-electron chi connectivity index (χ0n) is 9.12. The molecule has 4 heteroatoms. The van der Waals surface area contributed by atoms with Crippen molar-refractivity contribution < 1.29 is 0 Å². The molecule has 0 aliphatic heterocycles. The first-order valence-corrected chi connectivity index (χ1v) is 5.05. The van der Waals surface area contributed by atoms with E-state index in [2.05, 4.69) is 28.8 Å². The van der Waals surface area contributed by atoms with Crippen LogP contribution in [-0.4, -0.2) is 21.5 Å². The van der Waals surface area contributed by atoms with Gasteiger partial charge in [-0.3, -0.25) is 0 Å². The van der Waals surface area contributed by atoms with Crippen molar-refractivity contribution in [3.05, 3.63) is 17.5 Å². The van der Waals surface area contributed by atoms with E-state index in [9.17, 15) is 0 Å². The molecule has 0 fully saturated rings. The van der Waals surface area contributed by atoms with E-state index in [0.717, 1.165) is 30.3 Å². The fourth-order valence-corrected chi connectivity index (χ4v) is 1.19. The molecule has 1 aromatic heterocycles. The standard InChI is InChI=1S/C10H18N4/c1-7(2)10-13-8(3)12-9(14-10)5-4-6-11/h7H,4-6,11H2,1-3H3. The molecule has 0 aromatic carbocycles. The Morgan fingerprint density at radius 1 is 1.21 bits per heavy atom. The number of nitrogens with zero attached hydrogens (tertiary/aromatic N) is 3. The lowest BCUT2D eigenvalue weighted by Gasteiger charge is -2.06. The summed E-state index contributed by atoms with van der Waals surface area (Å²) in [4.78, 5) is 13.0. The maximum Gasteiger partial charge on any atom is 0.135 e. The van der Waals surface area contributed by atoms with Gasteiger partial charge in [0, 0.05) is 12.3 Å². The van der Waals surface area contributed by atoms with Crippen LogP contribution in [0.15, 0.2) is 0 Å². The summed E-state index contributed by atoms with van der Waals surface area (Å²) < 4.78 is 0. The Labute approximate surface area is 85.0 Å². The lowest BCUT2D eigenvalue weighted by atomic mass is 10.2. The first-order valence-electron chi connectivity index (χ1n) is 5.05. The van der Waals surface area contributed by atoms with E-state index in [1.165, 1.54) is 0 Å². The fraction of sp³-hybridized carbons (Fsp3) is 0.700. The average Bonchev–Trinajstić information content (AvgIpc) is 2.14. The Bertz CT molecular complexity index is 296. The summed E-state index contributed by atoms with van der Waals surface area (Å²) in [5.41, 5.74) is 5.44. The Morgan fingerprint density at radius 2 is 1.93 bits per heavy atom. The maximum atomic E-state index is 5.44. The number of aryl methyl sites for hydroxylation is 2. The molecule has 1 aromatic rings. The lowest BCUT2D eigenvalue weighted by molar-refractivity contribution is 0.695. The summed E-state index contributed by atoms with van der Waals surface area (Å²) in [5.74, 6) is 2.90. The Kier molecular flexibility index (Phi) is 3.95. The predicted octanol–water partition coefficient (Wildman–Crippen LogP) is 1.19. The van der Waals surface area contributed by atoms with Crippen molar-refractivity contribution in [2.24, 2.45) is 5.73 Å². The van der Waals surface area contributed by atoms with Crippen LogP contribution >= 0.6 is 0 Å². The van der Waals surface area contributed by atoms with E-state index >= 15 is 0 Å². The van der Waals surface area contributed by atoms with Gasteiger partial charge in [-0.25, -0.2) is 15.0 Å². The summed E-state index contributed by atoms with van der Waals surface area (Å²) in [6.07, 6.45) is 1.78. The highest BCUT2D eigenvalue weighted by molar-refractivity contribution is 4.99. The minimum atomic E-state index is 0.355. The second-order valence-corrected chi connectivity index (χ2v) is 3.70. The lowest BCUT2D eigenvalue weighted by Crippen LogP contribution is -2.09. The van der Waals surface area contributed by atoms with Crippen molar-refractivity contribution >= 4 is 0 Å². The zero-order valence-corrected chi connectivity index (χ0v) is 9.12. The molecule has 14 heavy (non-hydrogen) atoms. The van der Waals surface area contributed by atoms with Crippen molar-refractivity contribution in [2.75, 3.05) is 6.54 Å². The monoisotopic (exact) mass is 194 g/mol. The molecule has 0 aliphatic rings. The van der Waals surface area contributed by atoms with Crippen LogP contribution in [0.2, 0.25) is 0 Å². The fourth-order valence-electron chi connectivity index (χ4n) is 1.19. The molecule has 0 aliphatic carbocycles. The van der Waals surface area contributed by atoms with Gasteiger partial charge in [0.2, 0.25) is 0 Å². The minimum absolute atomic E-state index is 0.355. The van der Waals surface area contributed by atoms with E-state index in [0.29, 0.717) is 12.5 Å². The van der Waals surface area contributed by atoms with E-state index < -0.39 is 0 Å². The van der Waals surface area contributed by atoms with Crippen LogP contribution in [0.4, 0.5) is 0 Å². The van der Waals surface area contributed by atoms with Gasteiger partial charge < -0.3 is 5.73 Å². The Balaban J connectivity index is 2.84. The third-order valence-electron chi connectivity index (χ3n) is 1.93. The van der Waals surface area contributed by atoms with Gasteiger partial charge >= 0.3 is 0 Å². The van der Waals surface area contributed by atoms with Crippen LogP contribution in [0.3, 0.4) is 0 Å². The predicted molar refractivity (Wildman–Crippen MR) is 56.0 cm³/mol. The molecule has 1 rings (SSSR count). The molecular formula is C10H18N4. The molecule has 1 heterocycles. The first-order chi connectivity index (χ1) is 6.63. The van der Waals surface area contributed by atoms with Gasteiger partial charge in [-0.05, 0) is 19.9 Å². The molecule has 78 valence electrons. The second kappa shape index (κ2) is 5.00. The third kappa shape index (κ3) is 3.03. The maximum absolute atomic E-state index is 5.44. The van der Waals surface area contributed by atoms with E-state index in [-0.39, 0.29) is 0 Å². The summed E-state index contributed by atoms with van der Waals surface area (Å²) >= 11 is 0. The van der Waals surface area contributed by atoms with Crippen molar-refractivity contribution in [1.82, 2.24) is 15.0 Å².